The Hall–Kier alpha value is -2.55. The van der Waals surface area contributed by atoms with E-state index in [0.717, 1.165) is 25.7 Å². The molecule has 2 N–H and O–H groups in total. The largest absolute Gasteiger partial charge is 0.508 e. The summed E-state index contributed by atoms with van der Waals surface area (Å²) in [5.41, 5.74) is -0.203. The second-order valence-corrected chi connectivity index (χ2v) is 6.75. The molecule has 0 aromatic heterocycles. The van der Waals surface area contributed by atoms with Crippen LogP contribution in [0, 0.1) is 0 Å². The lowest BCUT2D eigenvalue weighted by atomic mass is 10.2. The van der Waals surface area contributed by atoms with Gasteiger partial charge in [-0.2, -0.15) is 0 Å². The minimum atomic E-state index is -0.719. The molecule has 0 fully saturated rings. The van der Waals surface area contributed by atoms with E-state index in [1.165, 1.54) is 25.7 Å². The quantitative estimate of drug-likeness (QED) is 0.182. The zero-order valence-corrected chi connectivity index (χ0v) is 17.5. The van der Waals surface area contributed by atoms with Crippen LogP contribution in [-0.2, 0) is 4.79 Å². The number of allylic oxidation sites excluding steroid dienone is 8. The number of aromatic hydroxyl groups is 1. The fourth-order valence-electron chi connectivity index (χ4n) is 2.51. The lowest BCUT2D eigenvalue weighted by Crippen LogP contribution is -2.10. The highest BCUT2D eigenvalue weighted by Crippen LogP contribution is 2.14. The molecule has 0 bridgehead atoms. The normalized spacial score (nSPS) is 14.0. The number of phenols is 1. The molecule has 3 nitrogen and oxygen atoms in total. The van der Waals surface area contributed by atoms with Crippen LogP contribution >= 0.6 is 0 Å². The second kappa shape index (κ2) is 17.5. The summed E-state index contributed by atoms with van der Waals surface area (Å²) >= 11 is 0. The van der Waals surface area contributed by atoms with Gasteiger partial charge >= 0.3 is 0 Å². The van der Waals surface area contributed by atoms with Crippen LogP contribution in [0.15, 0.2) is 72.8 Å². The predicted octanol–water partition coefficient (Wildman–Crippen LogP) is 7.48. The van der Waals surface area contributed by atoms with Crippen molar-refractivity contribution in [2.75, 3.05) is 5.32 Å². The number of hydrogen-bond acceptors (Lipinski definition) is 2. The number of rotatable bonds is 15. The maximum Gasteiger partial charge on any atom is 0.224 e. The molecule has 158 valence electrons. The number of nitrogens with one attached hydrogen (secondary N) is 1. The molecule has 0 spiro atoms. The van der Waals surface area contributed by atoms with Crippen molar-refractivity contribution in [3.8, 4) is 5.75 Å². The van der Waals surface area contributed by atoms with Gasteiger partial charge in [-0.25, -0.2) is 0 Å². The third-order valence-electron chi connectivity index (χ3n) is 4.11. The van der Waals surface area contributed by atoms with Gasteiger partial charge in [0.1, 0.15) is 5.75 Å². The summed E-state index contributed by atoms with van der Waals surface area (Å²) in [6.45, 7) is 2.22. The molecule has 0 heterocycles. The molecule has 0 radical (unpaired) electrons. The van der Waals surface area contributed by atoms with Crippen molar-refractivity contribution in [3.05, 3.63) is 72.8 Å². The molecule has 1 amide bonds. The summed E-state index contributed by atoms with van der Waals surface area (Å²) in [6, 6.07) is -2.04. The minimum Gasteiger partial charge on any atom is -0.508 e. The molecule has 0 aliphatic carbocycles. The Morgan fingerprint density at radius 1 is 0.862 bits per heavy atom. The van der Waals surface area contributed by atoms with Gasteiger partial charge in [0, 0.05) is 12.1 Å². The average Bonchev–Trinajstić information content (AvgIpc) is 2.81. The van der Waals surface area contributed by atoms with E-state index in [0.29, 0.717) is 6.42 Å². The standard InChI is InChI=1S/C26H37NO2/c1-2-3-4-5-6-7-8-9-10-11-12-13-14-15-16-17-18-19-26(29)27-24-20-22-25(28)23-21-24/h6-7,9-10,12-13,15-16,20-23,28H,2-5,8,11,14,17-19H2,1H3,(H,27,29)/b7-6-,10-9-,13-12-,16-15-/i20D,21D,22D,23D. The van der Waals surface area contributed by atoms with E-state index in [-0.39, 0.29) is 18.0 Å². The van der Waals surface area contributed by atoms with Crippen molar-refractivity contribution in [3.63, 3.8) is 0 Å². The first-order valence-electron chi connectivity index (χ1n) is 12.6. The summed E-state index contributed by atoms with van der Waals surface area (Å²) in [6.07, 6.45) is 26.5. The van der Waals surface area contributed by atoms with Gasteiger partial charge in [-0.3, -0.25) is 4.79 Å². The third-order valence-corrected chi connectivity index (χ3v) is 4.11. The Kier molecular flexibility index (Phi) is 11.2. The molecule has 1 aromatic rings. The van der Waals surface area contributed by atoms with Crippen LogP contribution in [0.3, 0.4) is 0 Å². The van der Waals surface area contributed by atoms with E-state index in [1.807, 2.05) is 6.08 Å². The van der Waals surface area contributed by atoms with Gasteiger partial charge in [-0.1, -0.05) is 68.4 Å². The highest BCUT2D eigenvalue weighted by Gasteiger charge is 2.01. The third kappa shape index (κ3) is 15.1. The summed E-state index contributed by atoms with van der Waals surface area (Å²) in [4.78, 5) is 12.1. The molecular weight excluding hydrogens is 358 g/mol. The van der Waals surface area contributed by atoms with Gasteiger partial charge in [0.15, 0.2) is 0 Å². The molecule has 0 atom stereocenters. The molecule has 0 aliphatic heterocycles. The molecule has 0 saturated heterocycles. The number of anilines is 1. The van der Waals surface area contributed by atoms with Crippen LogP contribution in [0.5, 0.6) is 5.75 Å². The first-order chi connectivity index (χ1) is 15.9. The minimum absolute atomic E-state index is 0.203. The first-order valence-corrected chi connectivity index (χ1v) is 10.6. The predicted molar refractivity (Wildman–Crippen MR) is 125 cm³/mol. The molecule has 0 unspecified atom stereocenters. The highest BCUT2D eigenvalue weighted by atomic mass is 16.3. The van der Waals surface area contributed by atoms with Crippen LogP contribution in [-0.4, -0.2) is 11.0 Å². The molecule has 29 heavy (non-hydrogen) atoms. The zero-order valence-electron chi connectivity index (χ0n) is 21.5. The van der Waals surface area contributed by atoms with Crippen LogP contribution in [0.25, 0.3) is 0 Å². The Balaban J connectivity index is 2.19. The Morgan fingerprint density at radius 2 is 1.38 bits per heavy atom. The Bertz CT molecular complexity index is 831. The van der Waals surface area contributed by atoms with Crippen LogP contribution < -0.4 is 5.32 Å². The lowest BCUT2D eigenvalue weighted by Gasteiger charge is -2.04. The topological polar surface area (TPSA) is 49.3 Å². The maximum absolute atomic E-state index is 12.1. The summed E-state index contributed by atoms with van der Waals surface area (Å²) in [5, 5.41) is 12.0. The smallest absolute Gasteiger partial charge is 0.224 e. The van der Waals surface area contributed by atoms with E-state index in [2.05, 4.69) is 54.8 Å². The SMILES string of the molecule is [2H]c1c([2H])c(NC(=O)CCC/C=C\C/C=C\C/C=C\C/C=C\CCCCC)c([2H])c([2H])c1O. The van der Waals surface area contributed by atoms with E-state index >= 15 is 0 Å². The van der Waals surface area contributed by atoms with Crippen molar-refractivity contribution in [2.45, 2.75) is 71.1 Å². The number of amides is 1. The van der Waals surface area contributed by atoms with Crippen LogP contribution in [0.1, 0.15) is 76.6 Å². The van der Waals surface area contributed by atoms with E-state index in [9.17, 15) is 9.90 Å². The molecule has 0 saturated carbocycles. The Labute approximate surface area is 182 Å². The summed E-state index contributed by atoms with van der Waals surface area (Å²) < 4.78 is 30.8. The number of carbonyl (C=O) groups excluding carboxylic acids is 1. The second-order valence-electron chi connectivity index (χ2n) is 6.75. The van der Waals surface area contributed by atoms with Crippen molar-refractivity contribution in [2.24, 2.45) is 0 Å². The van der Waals surface area contributed by atoms with Gasteiger partial charge in [-0.05, 0) is 69.1 Å². The number of unbranched alkanes of at least 4 members (excludes halogenated alkanes) is 4. The lowest BCUT2D eigenvalue weighted by molar-refractivity contribution is -0.116. The zero-order chi connectivity index (χ0) is 24.5. The fourth-order valence-corrected chi connectivity index (χ4v) is 2.51. The molecule has 1 rings (SSSR count). The van der Waals surface area contributed by atoms with E-state index in [1.54, 1.807) is 0 Å². The maximum atomic E-state index is 12.1. The van der Waals surface area contributed by atoms with Crippen molar-refractivity contribution >= 4 is 11.6 Å². The first kappa shape index (κ1) is 18.5. The number of hydrogen-bond donors (Lipinski definition) is 2. The summed E-state index contributed by atoms with van der Waals surface area (Å²) in [7, 11) is 0. The van der Waals surface area contributed by atoms with Gasteiger partial charge in [0.25, 0.3) is 0 Å². The fraction of sp³-hybridized carbons (Fsp3) is 0.423. The average molecular weight is 400 g/mol. The number of carbonyl (C=O) groups is 1. The number of benzene rings is 1. The van der Waals surface area contributed by atoms with Crippen molar-refractivity contribution in [1.29, 1.82) is 0 Å². The van der Waals surface area contributed by atoms with Gasteiger partial charge < -0.3 is 10.4 Å². The van der Waals surface area contributed by atoms with E-state index < -0.39 is 29.9 Å². The highest BCUT2D eigenvalue weighted by molar-refractivity contribution is 5.90. The van der Waals surface area contributed by atoms with Crippen molar-refractivity contribution < 1.29 is 15.4 Å². The monoisotopic (exact) mass is 399 g/mol. The van der Waals surface area contributed by atoms with Crippen molar-refractivity contribution in [1.82, 2.24) is 0 Å². The molecule has 0 aliphatic rings. The molecular formula is C26H37NO2. The van der Waals surface area contributed by atoms with Gasteiger partial charge in [0.2, 0.25) is 5.91 Å². The molecule has 3 heteroatoms. The molecule has 1 aromatic carbocycles. The van der Waals surface area contributed by atoms with E-state index in [4.69, 9.17) is 5.48 Å². The Morgan fingerprint density at radius 3 is 1.93 bits per heavy atom. The van der Waals surface area contributed by atoms with Gasteiger partial charge in [-0.15, -0.1) is 0 Å². The summed E-state index contributed by atoms with van der Waals surface area (Å²) in [5.74, 6) is -1.10. The van der Waals surface area contributed by atoms with Crippen LogP contribution in [0.2, 0.25) is 0 Å². The number of phenolic OH excluding ortho intramolecular Hbond substituents is 1. The van der Waals surface area contributed by atoms with Crippen LogP contribution in [0.4, 0.5) is 5.69 Å². The van der Waals surface area contributed by atoms with Gasteiger partial charge in [0.05, 0.1) is 5.48 Å².